The van der Waals surface area contributed by atoms with Crippen molar-refractivity contribution in [2.24, 2.45) is 0 Å². The third-order valence-electron chi connectivity index (χ3n) is 5.61. The molecule has 4 rings (SSSR count). The number of aromatic hydroxyl groups is 2. The first-order valence-corrected chi connectivity index (χ1v) is 11.5. The summed E-state index contributed by atoms with van der Waals surface area (Å²) < 4.78 is 10.2. The van der Waals surface area contributed by atoms with E-state index in [1.165, 1.54) is 42.5 Å². The topological polar surface area (TPSA) is 127 Å². The van der Waals surface area contributed by atoms with Gasteiger partial charge in [-0.15, -0.1) is 0 Å². The minimum Gasteiger partial charge on any atom is -0.504 e. The normalized spacial score (nSPS) is 10.5. The highest BCUT2D eigenvalue weighted by molar-refractivity contribution is 6.36. The molecule has 4 aromatic carbocycles. The van der Waals surface area contributed by atoms with Crippen LogP contribution >= 0.6 is 11.6 Å². The Balaban J connectivity index is 2.06. The van der Waals surface area contributed by atoms with Gasteiger partial charge in [0.15, 0.2) is 23.1 Å². The Morgan fingerprint density at radius 3 is 1.76 bits per heavy atom. The minimum atomic E-state index is -1.20. The highest BCUT2D eigenvalue weighted by atomic mass is 35.5. The summed E-state index contributed by atoms with van der Waals surface area (Å²) in [5.41, 5.74) is -2.15. The highest BCUT2D eigenvalue weighted by Crippen LogP contribution is 2.46. The summed E-state index contributed by atoms with van der Waals surface area (Å²) in [6.07, 6.45) is 0. The predicted octanol–water partition coefficient (Wildman–Crippen LogP) is 5.22. The lowest BCUT2D eigenvalue weighted by Crippen LogP contribution is -2.21. The third kappa shape index (κ3) is 4.85. The van der Waals surface area contributed by atoms with Crippen LogP contribution in [0.15, 0.2) is 84.9 Å². The van der Waals surface area contributed by atoms with Gasteiger partial charge in [0.05, 0.1) is 34.4 Å². The molecule has 0 amide bonds. The summed E-state index contributed by atoms with van der Waals surface area (Å²) in [6, 6.07) is 21.0. The second-order valence-electron chi connectivity index (χ2n) is 7.90. The maximum atomic E-state index is 13.8. The van der Waals surface area contributed by atoms with E-state index in [2.05, 4.69) is 0 Å². The van der Waals surface area contributed by atoms with Crippen LogP contribution in [0.5, 0.6) is 17.2 Å². The Morgan fingerprint density at radius 2 is 1.18 bits per heavy atom. The molecule has 9 heteroatoms. The summed E-state index contributed by atoms with van der Waals surface area (Å²) in [4.78, 5) is 53.3. The molecule has 0 saturated carbocycles. The van der Waals surface area contributed by atoms with Gasteiger partial charge in [-0.2, -0.15) is 0 Å². The first kappa shape index (κ1) is 26.1. The zero-order chi connectivity index (χ0) is 27.4. The number of phenolic OH excluding ortho intramolecular Hbond substituents is 2. The van der Waals surface area contributed by atoms with Crippen molar-refractivity contribution in [2.45, 2.75) is 0 Å². The fraction of sp³-hybridized carbons (Fsp3) is 0.0345. The zero-order valence-corrected chi connectivity index (χ0v) is 20.6. The number of carbonyl (C=O) groups is 4. The van der Waals surface area contributed by atoms with E-state index < -0.39 is 57.4 Å². The van der Waals surface area contributed by atoms with Crippen molar-refractivity contribution in [3.8, 4) is 17.2 Å². The lowest BCUT2D eigenvalue weighted by Gasteiger charge is -2.19. The number of esters is 2. The van der Waals surface area contributed by atoms with Crippen LogP contribution in [0.3, 0.4) is 0 Å². The number of hydrogen-bond donors (Lipinski definition) is 2. The van der Waals surface area contributed by atoms with Crippen LogP contribution < -0.4 is 4.74 Å². The molecule has 0 fully saturated rings. The Bertz CT molecular complexity index is 1560. The van der Waals surface area contributed by atoms with E-state index in [1.807, 2.05) is 0 Å². The van der Waals surface area contributed by atoms with Crippen molar-refractivity contribution < 1.29 is 38.9 Å². The van der Waals surface area contributed by atoms with Crippen molar-refractivity contribution in [3.05, 3.63) is 123 Å². The first-order valence-electron chi connectivity index (χ1n) is 11.1. The SMILES string of the molecule is COC(=O)c1c(C(=O)c2ccccc2)c(O)c(O)c(OC(=O)c2ccccc2)c1C(=O)c1ccccc1Cl. The molecule has 0 unspecified atom stereocenters. The molecule has 0 aliphatic rings. The van der Waals surface area contributed by atoms with Gasteiger partial charge in [0.25, 0.3) is 0 Å². The van der Waals surface area contributed by atoms with Gasteiger partial charge in [-0.1, -0.05) is 72.3 Å². The predicted molar refractivity (Wildman–Crippen MR) is 137 cm³/mol. The van der Waals surface area contributed by atoms with Gasteiger partial charge >= 0.3 is 11.9 Å². The van der Waals surface area contributed by atoms with Crippen LogP contribution in [-0.2, 0) is 4.74 Å². The van der Waals surface area contributed by atoms with Gasteiger partial charge in [0.2, 0.25) is 5.75 Å². The molecule has 0 saturated heterocycles. The zero-order valence-electron chi connectivity index (χ0n) is 19.8. The molecule has 0 bridgehead atoms. The highest BCUT2D eigenvalue weighted by Gasteiger charge is 2.37. The molecule has 0 spiro atoms. The fourth-order valence-corrected chi connectivity index (χ4v) is 4.01. The smallest absolute Gasteiger partial charge is 0.343 e. The maximum Gasteiger partial charge on any atom is 0.343 e. The molecule has 0 aromatic heterocycles. The summed E-state index contributed by atoms with van der Waals surface area (Å²) in [5.74, 6) is -7.09. The molecule has 190 valence electrons. The fourth-order valence-electron chi connectivity index (χ4n) is 3.78. The molecule has 38 heavy (non-hydrogen) atoms. The summed E-state index contributed by atoms with van der Waals surface area (Å²) in [5, 5.41) is 21.9. The summed E-state index contributed by atoms with van der Waals surface area (Å²) >= 11 is 6.23. The van der Waals surface area contributed by atoms with Gasteiger partial charge in [0.1, 0.15) is 0 Å². The third-order valence-corrected chi connectivity index (χ3v) is 5.94. The van der Waals surface area contributed by atoms with Crippen molar-refractivity contribution in [3.63, 3.8) is 0 Å². The number of halogens is 1. The standard InChI is InChI=1S/C29H19ClO8/c1-37-29(36)20-21(23(31)16-10-4-2-5-11-16)25(33)26(34)27(38-28(35)17-12-6-3-7-13-17)22(20)24(32)18-14-8-9-15-19(18)30/h2-15,33-34H,1H3. The van der Waals surface area contributed by atoms with Gasteiger partial charge in [-0.25, -0.2) is 9.59 Å². The first-order chi connectivity index (χ1) is 18.3. The number of phenols is 2. The number of rotatable bonds is 7. The van der Waals surface area contributed by atoms with Gasteiger partial charge < -0.3 is 19.7 Å². The van der Waals surface area contributed by atoms with E-state index in [4.69, 9.17) is 21.1 Å². The quantitative estimate of drug-likeness (QED) is 0.144. The van der Waals surface area contributed by atoms with E-state index in [0.29, 0.717) is 0 Å². The monoisotopic (exact) mass is 530 g/mol. The van der Waals surface area contributed by atoms with E-state index >= 15 is 0 Å². The van der Waals surface area contributed by atoms with Gasteiger partial charge in [-0.05, 0) is 24.3 Å². The second-order valence-corrected chi connectivity index (χ2v) is 8.31. The summed E-state index contributed by atoms with van der Waals surface area (Å²) in [6.45, 7) is 0. The molecule has 4 aromatic rings. The molecular weight excluding hydrogens is 512 g/mol. The number of methoxy groups -OCH3 is 1. The Hall–Kier alpha value is -4.95. The molecule has 8 nitrogen and oxygen atoms in total. The molecule has 0 aliphatic carbocycles. The number of benzene rings is 4. The van der Waals surface area contributed by atoms with Gasteiger partial charge in [0, 0.05) is 11.1 Å². The number of carbonyl (C=O) groups excluding carboxylic acids is 4. The van der Waals surface area contributed by atoms with Gasteiger partial charge in [-0.3, -0.25) is 9.59 Å². The van der Waals surface area contributed by atoms with E-state index in [1.54, 1.807) is 42.5 Å². The molecule has 0 atom stereocenters. The van der Waals surface area contributed by atoms with E-state index in [-0.39, 0.29) is 21.7 Å². The van der Waals surface area contributed by atoms with Crippen molar-refractivity contribution >= 4 is 35.1 Å². The Labute approximate surface area is 221 Å². The van der Waals surface area contributed by atoms with Crippen LogP contribution in [0.2, 0.25) is 5.02 Å². The number of ether oxygens (including phenoxy) is 2. The minimum absolute atomic E-state index is 0.0165. The molecular formula is C29H19ClO8. The van der Waals surface area contributed by atoms with E-state index in [9.17, 15) is 29.4 Å². The number of hydrogen-bond acceptors (Lipinski definition) is 8. The van der Waals surface area contributed by atoms with Crippen LogP contribution in [0, 0.1) is 0 Å². The summed E-state index contributed by atoms with van der Waals surface area (Å²) in [7, 11) is 1.00. The van der Waals surface area contributed by atoms with Crippen molar-refractivity contribution in [1.29, 1.82) is 0 Å². The lowest BCUT2D eigenvalue weighted by molar-refractivity contribution is 0.0589. The van der Waals surface area contributed by atoms with Crippen LogP contribution in [-0.4, -0.2) is 40.8 Å². The molecule has 0 heterocycles. The van der Waals surface area contributed by atoms with Crippen molar-refractivity contribution in [2.75, 3.05) is 7.11 Å². The van der Waals surface area contributed by atoms with Crippen LogP contribution in [0.1, 0.15) is 52.6 Å². The Morgan fingerprint density at radius 1 is 0.632 bits per heavy atom. The molecule has 0 radical (unpaired) electrons. The van der Waals surface area contributed by atoms with E-state index in [0.717, 1.165) is 7.11 Å². The van der Waals surface area contributed by atoms with Crippen molar-refractivity contribution in [1.82, 2.24) is 0 Å². The average Bonchev–Trinajstić information content (AvgIpc) is 2.95. The Kier molecular flexibility index (Phi) is 7.55. The number of ketones is 2. The molecule has 2 N–H and O–H groups in total. The largest absolute Gasteiger partial charge is 0.504 e. The van der Waals surface area contributed by atoms with Crippen LogP contribution in [0.4, 0.5) is 0 Å². The van der Waals surface area contributed by atoms with Crippen LogP contribution in [0.25, 0.3) is 0 Å². The average molecular weight is 531 g/mol. The second kappa shape index (κ2) is 11.0. The maximum absolute atomic E-state index is 13.8. The molecule has 0 aliphatic heterocycles. The lowest BCUT2D eigenvalue weighted by atomic mass is 9.88.